The lowest BCUT2D eigenvalue weighted by Crippen LogP contribution is -2.30. The molecule has 1 aromatic heterocycles. The average molecular weight is 471 g/mol. The summed E-state index contributed by atoms with van der Waals surface area (Å²) >= 11 is 0. The highest BCUT2D eigenvalue weighted by Crippen LogP contribution is 2.25. The number of nitrogens with zero attached hydrogens (tertiary/aromatic N) is 3. The Kier molecular flexibility index (Phi) is 7.04. The Balaban J connectivity index is 1.81. The summed E-state index contributed by atoms with van der Waals surface area (Å²) in [5.74, 6) is 0.638. The molecule has 0 aliphatic carbocycles. The third-order valence-electron chi connectivity index (χ3n) is 5.27. The normalized spacial score (nSPS) is 12.2. The molecule has 0 spiro atoms. The van der Waals surface area contributed by atoms with Crippen LogP contribution in [0.3, 0.4) is 0 Å². The molecule has 1 amide bonds. The molecular formula is C24H30N4O4S. The number of hydrogen-bond donors (Lipinski definition) is 1. The summed E-state index contributed by atoms with van der Waals surface area (Å²) in [5.41, 5.74) is 2.07. The molecule has 0 bridgehead atoms. The first-order valence-electron chi connectivity index (χ1n) is 10.8. The number of amides is 1. The number of rotatable bonds is 7. The van der Waals surface area contributed by atoms with Crippen molar-refractivity contribution in [2.75, 3.05) is 18.4 Å². The SMILES string of the molecule is CCN(CC)S(=O)(=O)c1ccc(C)c(C(=O)Nc2ccc(-c3noc(C(C)(C)C)n3)cc2)c1. The summed E-state index contributed by atoms with van der Waals surface area (Å²) in [6.07, 6.45) is 0. The van der Waals surface area contributed by atoms with E-state index in [2.05, 4.69) is 15.5 Å². The van der Waals surface area contributed by atoms with Crippen LogP contribution in [0.1, 0.15) is 56.4 Å². The minimum Gasteiger partial charge on any atom is -0.338 e. The minimum atomic E-state index is -3.66. The van der Waals surface area contributed by atoms with Gasteiger partial charge in [0.1, 0.15) is 0 Å². The zero-order chi connectivity index (χ0) is 24.4. The minimum absolute atomic E-state index is 0.101. The number of anilines is 1. The Hall–Kier alpha value is -3.04. The Labute approximate surface area is 195 Å². The van der Waals surface area contributed by atoms with Gasteiger partial charge in [-0.25, -0.2) is 8.42 Å². The zero-order valence-electron chi connectivity index (χ0n) is 19.8. The van der Waals surface area contributed by atoms with Crippen molar-refractivity contribution in [2.45, 2.75) is 51.9 Å². The molecule has 0 aliphatic heterocycles. The highest BCUT2D eigenvalue weighted by atomic mass is 32.2. The third kappa shape index (κ3) is 5.31. The maximum Gasteiger partial charge on any atom is 0.255 e. The summed E-state index contributed by atoms with van der Waals surface area (Å²) < 4.78 is 32.4. The molecule has 0 saturated carbocycles. The van der Waals surface area contributed by atoms with Crippen LogP contribution in [0.5, 0.6) is 0 Å². The van der Waals surface area contributed by atoms with Crippen LogP contribution >= 0.6 is 0 Å². The fourth-order valence-corrected chi connectivity index (χ4v) is 4.75. The molecule has 8 nitrogen and oxygen atoms in total. The van der Waals surface area contributed by atoms with Crippen molar-refractivity contribution in [3.63, 3.8) is 0 Å². The first-order valence-corrected chi connectivity index (χ1v) is 12.3. The zero-order valence-corrected chi connectivity index (χ0v) is 20.7. The van der Waals surface area contributed by atoms with E-state index in [1.807, 2.05) is 20.8 Å². The van der Waals surface area contributed by atoms with Gasteiger partial charge in [0.2, 0.25) is 21.7 Å². The van der Waals surface area contributed by atoms with Crippen LogP contribution in [-0.4, -0.2) is 41.9 Å². The van der Waals surface area contributed by atoms with Crippen LogP contribution in [0.4, 0.5) is 5.69 Å². The van der Waals surface area contributed by atoms with Crippen LogP contribution in [0.15, 0.2) is 51.9 Å². The molecule has 0 unspecified atom stereocenters. The number of carbonyl (C=O) groups is 1. The predicted octanol–water partition coefficient (Wildman–Crippen LogP) is 4.63. The molecule has 0 aliphatic rings. The van der Waals surface area contributed by atoms with Crippen molar-refractivity contribution >= 4 is 21.6 Å². The smallest absolute Gasteiger partial charge is 0.255 e. The largest absolute Gasteiger partial charge is 0.338 e. The first-order chi connectivity index (χ1) is 15.5. The lowest BCUT2D eigenvalue weighted by atomic mass is 9.97. The van der Waals surface area contributed by atoms with Crippen LogP contribution < -0.4 is 5.32 Å². The topological polar surface area (TPSA) is 105 Å². The van der Waals surface area contributed by atoms with Crippen molar-refractivity contribution in [3.8, 4) is 11.4 Å². The second-order valence-corrected chi connectivity index (χ2v) is 10.7. The van der Waals surface area contributed by atoms with E-state index in [0.717, 1.165) is 5.56 Å². The number of sulfonamides is 1. The van der Waals surface area contributed by atoms with Gasteiger partial charge in [0.15, 0.2) is 0 Å². The van der Waals surface area contributed by atoms with Gasteiger partial charge >= 0.3 is 0 Å². The quantitative estimate of drug-likeness (QED) is 0.540. The predicted molar refractivity (Wildman–Crippen MR) is 128 cm³/mol. The van der Waals surface area contributed by atoms with Gasteiger partial charge in [0.05, 0.1) is 4.90 Å². The summed E-state index contributed by atoms with van der Waals surface area (Å²) in [6, 6.07) is 11.7. The van der Waals surface area contributed by atoms with Gasteiger partial charge < -0.3 is 9.84 Å². The fourth-order valence-electron chi connectivity index (χ4n) is 3.27. The van der Waals surface area contributed by atoms with Gasteiger partial charge in [0.25, 0.3) is 5.91 Å². The summed E-state index contributed by atoms with van der Waals surface area (Å²) in [5, 5.41) is 6.86. The molecule has 1 heterocycles. The fraction of sp³-hybridized carbons (Fsp3) is 0.375. The van der Waals surface area contributed by atoms with Crippen LogP contribution in [0.2, 0.25) is 0 Å². The summed E-state index contributed by atoms with van der Waals surface area (Å²) in [6.45, 7) is 12.0. The lowest BCUT2D eigenvalue weighted by molar-refractivity contribution is 0.102. The van der Waals surface area contributed by atoms with E-state index in [4.69, 9.17) is 4.52 Å². The summed E-state index contributed by atoms with van der Waals surface area (Å²) in [7, 11) is -3.66. The van der Waals surface area contributed by atoms with E-state index in [1.54, 1.807) is 51.1 Å². The highest BCUT2D eigenvalue weighted by Gasteiger charge is 2.24. The Morgan fingerprint density at radius 1 is 1.06 bits per heavy atom. The first kappa shape index (κ1) is 24.6. The number of hydrogen-bond acceptors (Lipinski definition) is 6. The number of carbonyl (C=O) groups excluding carboxylic acids is 1. The molecule has 0 atom stereocenters. The van der Waals surface area contributed by atoms with Crippen LogP contribution in [0, 0.1) is 6.92 Å². The van der Waals surface area contributed by atoms with E-state index in [-0.39, 0.29) is 16.2 Å². The Morgan fingerprint density at radius 3 is 2.24 bits per heavy atom. The third-order valence-corrected chi connectivity index (χ3v) is 7.31. The van der Waals surface area contributed by atoms with Gasteiger partial charge in [-0.1, -0.05) is 45.8 Å². The standard InChI is InChI=1S/C24H30N4O4S/c1-7-28(8-2)33(30,31)19-14-9-16(3)20(15-19)22(29)25-18-12-10-17(11-13-18)21-26-23(32-27-21)24(4,5)6/h9-15H,7-8H2,1-6H3,(H,25,29). The maximum atomic E-state index is 12.9. The molecule has 0 saturated heterocycles. The van der Waals surface area contributed by atoms with Gasteiger partial charge in [-0.3, -0.25) is 4.79 Å². The monoisotopic (exact) mass is 470 g/mol. The molecule has 9 heteroatoms. The van der Waals surface area contributed by atoms with E-state index in [0.29, 0.717) is 41.6 Å². The summed E-state index contributed by atoms with van der Waals surface area (Å²) in [4.78, 5) is 17.5. The van der Waals surface area contributed by atoms with Crippen LogP contribution in [-0.2, 0) is 15.4 Å². The van der Waals surface area contributed by atoms with E-state index < -0.39 is 10.0 Å². The van der Waals surface area contributed by atoms with Crippen molar-refractivity contribution in [3.05, 3.63) is 59.5 Å². The van der Waals surface area contributed by atoms with Gasteiger partial charge in [-0.15, -0.1) is 0 Å². The molecule has 2 aromatic carbocycles. The molecular weight excluding hydrogens is 440 g/mol. The average Bonchev–Trinajstić information content (AvgIpc) is 3.26. The van der Waals surface area contributed by atoms with Gasteiger partial charge in [-0.05, 0) is 48.9 Å². The molecule has 3 aromatic rings. The molecule has 1 N–H and O–H groups in total. The molecule has 33 heavy (non-hydrogen) atoms. The van der Waals surface area contributed by atoms with Gasteiger partial charge in [0, 0.05) is 35.3 Å². The van der Waals surface area contributed by atoms with Crippen molar-refractivity contribution in [1.82, 2.24) is 14.4 Å². The number of aryl methyl sites for hydroxylation is 1. The molecule has 0 radical (unpaired) electrons. The second-order valence-electron chi connectivity index (χ2n) is 8.77. The number of nitrogens with one attached hydrogen (secondary N) is 1. The van der Waals surface area contributed by atoms with Crippen molar-refractivity contribution < 1.29 is 17.7 Å². The maximum absolute atomic E-state index is 12.9. The molecule has 0 fully saturated rings. The van der Waals surface area contributed by atoms with Crippen molar-refractivity contribution in [2.24, 2.45) is 0 Å². The van der Waals surface area contributed by atoms with Gasteiger partial charge in [-0.2, -0.15) is 9.29 Å². The second kappa shape index (κ2) is 9.44. The van der Waals surface area contributed by atoms with Crippen LogP contribution in [0.25, 0.3) is 11.4 Å². The number of benzene rings is 2. The van der Waals surface area contributed by atoms with E-state index >= 15 is 0 Å². The Morgan fingerprint density at radius 2 is 1.70 bits per heavy atom. The van der Waals surface area contributed by atoms with E-state index in [1.165, 1.54) is 16.4 Å². The molecule has 3 rings (SSSR count). The van der Waals surface area contributed by atoms with Crippen molar-refractivity contribution in [1.29, 1.82) is 0 Å². The van der Waals surface area contributed by atoms with E-state index in [9.17, 15) is 13.2 Å². The lowest BCUT2D eigenvalue weighted by Gasteiger charge is -2.19. The Bertz CT molecular complexity index is 1240. The number of aromatic nitrogens is 2. The highest BCUT2D eigenvalue weighted by molar-refractivity contribution is 7.89. The molecule has 176 valence electrons.